The minimum absolute atomic E-state index is 0.0400. The van der Waals surface area contributed by atoms with Crippen molar-refractivity contribution in [3.05, 3.63) is 53.6 Å². The molecule has 1 saturated heterocycles. The van der Waals surface area contributed by atoms with Gasteiger partial charge in [-0.1, -0.05) is 25.1 Å². The number of hydrogen-bond acceptors (Lipinski definition) is 6. The van der Waals surface area contributed by atoms with Crippen LogP contribution in [0.4, 0.5) is 5.69 Å². The van der Waals surface area contributed by atoms with Crippen molar-refractivity contribution in [2.24, 2.45) is 11.8 Å². The van der Waals surface area contributed by atoms with Gasteiger partial charge in [-0.05, 0) is 67.9 Å². The zero-order valence-electron chi connectivity index (χ0n) is 19.3. The number of hydrogen-bond donors (Lipinski definition) is 0. The van der Waals surface area contributed by atoms with Gasteiger partial charge in [0.25, 0.3) is 10.0 Å². The molecular weight excluding hydrogens is 442 g/mol. The summed E-state index contributed by atoms with van der Waals surface area (Å²) in [5, 5.41) is 0. The van der Waals surface area contributed by atoms with Crippen LogP contribution in [-0.2, 0) is 25.9 Å². The van der Waals surface area contributed by atoms with E-state index in [0.717, 1.165) is 24.8 Å². The lowest BCUT2D eigenvalue weighted by atomic mass is 9.91. The standard InChI is InChI=1S/C25H31NO6S/c1-17-15-31-13-12-20(17)16-32-24-11-10-21(14-22(24)25(27)30-3)33(28,29)26-18(2)8-9-19-6-4-5-7-23(19)26/h4-7,10-11,14,17-18,20H,8-9,12-13,15-16H2,1-3H3/t17?,18-,20?/m0/s1. The van der Waals surface area contributed by atoms with E-state index < -0.39 is 16.0 Å². The van der Waals surface area contributed by atoms with Crippen LogP contribution in [0.15, 0.2) is 47.4 Å². The predicted octanol–water partition coefficient (Wildman–Crippen LogP) is 4.05. The number of para-hydroxylation sites is 1. The normalized spacial score (nSPS) is 23.0. The lowest BCUT2D eigenvalue weighted by Crippen LogP contribution is -2.42. The van der Waals surface area contributed by atoms with E-state index in [1.807, 2.05) is 31.2 Å². The molecular formula is C25H31NO6S. The Kier molecular flexibility index (Phi) is 6.95. The smallest absolute Gasteiger partial charge is 0.341 e. The summed E-state index contributed by atoms with van der Waals surface area (Å²) in [6.07, 6.45) is 2.44. The van der Waals surface area contributed by atoms with Gasteiger partial charge in [-0.2, -0.15) is 0 Å². The van der Waals surface area contributed by atoms with Gasteiger partial charge in [0.15, 0.2) is 0 Å². The fraction of sp³-hybridized carbons (Fsp3) is 0.480. The quantitative estimate of drug-likeness (QED) is 0.589. The van der Waals surface area contributed by atoms with Gasteiger partial charge in [0.1, 0.15) is 11.3 Å². The molecule has 3 atom stereocenters. The minimum Gasteiger partial charge on any atom is -0.492 e. The number of methoxy groups -OCH3 is 1. The van der Waals surface area contributed by atoms with Gasteiger partial charge >= 0.3 is 5.97 Å². The molecule has 0 radical (unpaired) electrons. The number of ether oxygens (including phenoxy) is 3. The van der Waals surface area contributed by atoms with Crippen molar-refractivity contribution < 1.29 is 27.4 Å². The summed E-state index contributed by atoms with van der Waals surface area (Å²) in [5.74, 6) is 0.347. The number of esters is 1. The third-order valence-corrected chi connectivity index (χ3v) is 8.57. The molecule has 2 unspecified atom stereocenters. The van der Waals surface area contributed by atoms with E-state index in [9.17, 15) is 13.2 Å². The summed E-state index contributed by atoms with van der Waals surface area (Å²) >= 11 is 0. The lowest BCUT2D eigenvalue weighted by Gasteiger charge is -2.36. The zero-order valence-corrected chi connectivity index (χ0v) is 20.1. The van der Waals surface area contributed by atoms with Crippen molar-refractivity contribution in [1.29, 1.82) is 0 Å². The number of carbonyl (C=O) groups excluding carboxylic acids is 1. The Labute approximate surface area is 195 Å². The predicted molar refractivity (Wildman–Crippen MR) is 125 cm³/mol. The summed E-state index contributed by atoms with van der Waals surface area (Å²) in [6, 6.07) is 11.8. The molecule has 4 rings (SSSR count). The lowest BCUT2D eigenvalue weighted by molar-refractivity contribution is 0.00792. The van der Waals surface area contributed by atoms with Gasteiger partial charge in [-0.3, -0.25) is 4.31 Å². The molecule has 2 aromatic rings. The fourth-order valence-electron chi connectivity index (χ4n) is 4.57. The Morgan fingerprint density at radius 1 is 1.15 bits per heavy atom. The second-order valence-corrected chi connectivity index (χ2v) is 10.7. The number of anilines is 1. The highest BCUT2D eigenvalue weighted by atomic mass is 32.2. The van der Waals surface area contributed by atoms with Crippen LogP contribution in [-0.4, -0.2) is 47.4 Å². The highest BCUT2D eigenvalue weighted by Crippen LogP contribution is 2.36. The molecule has 0 bridgehead atoms. The van der Waals surface area contributed by atoms with E-state index >= 15 is 0 Å². The number of nitrogens with zero attached hydrogens (tertiary/aromatic N) is 1. The number of carbonyl (C=O) groups is 1. The number of sulfonamides is 1. The van der Waals surface area contributed by atoms with E-state index in [0.29, 0.717) is 43.1 Å². The molecule has 0 spiro atoms. The Morgan fingerprint density at radius 2 is 1.94 bits per heavy atom. The molecule has 33 heavy (non-hydrogen) atoms. The highest BCUT2D eigenvalue weighted by molar-refractivity contribution is 7.92. The first kappa shape index (κ1) is 23.6. The van der Waals surface area contributed by atoms with E-state index in [1.54, 1.807) is 6.07 Å². The summed E-state index contributed by atoms with van der Waals surface area (Å²) in [6.45, 7) is 5.82. The van der Waals surface area contributed by atoms with Gasteiger partial charge in [-0.15, -0.1) is 0 Å². The summed E-state index contributed by atoms with van der Waals surface area (Å²) < 4.78 is 45.3. The molecule has 0 aromatic heterocycles. The van der Waals surface area contributed by atoms with Crippen LogP contribution >= 0.6 is 0 Å². The van der Waals surface area contributed by atoms with Crippen molar-refractivity contribution in [3.8, 4) is 5.75 Å². The van der Waals surface area contributed by atoms with Crippen molar-refractivity contribution in [1.82, 2.24) is 0 Å². The van der Waals surface area contributed by atoms with Gasteiger partial charge in [0.05, 0.1) is 24.3 Å². The van der Waals surface area contributed by atoms with Crippen LogP contribution in [0.5, 0.6) is 5.75 Å². The van der Waals surface area contributed by atoms with Gasteiger partial charge < -0.3 is 14.2 Å². The first-order chi connectivity index (χ1) is 15.8. The van der Waals surface area contributed by atoms with Gasteiger partial charge in [-0.25, -0.2) is 13.2 Å². The Balaban J connectivity index is 1.66. The number of fused-ring (bicyclic) bond motifs is 1. The minimum atomic E-state index is -3.90. The monoisotopic (exact) mass is 473 g/mol. The summed E-state index contributed by atoms with van der Waals surface area (Å²) in [5.41, 5.74) is 1.79. The average Bonchev–Trinajstić information content (AvgIpc) is 2.82. The summed E-state index contributed by atoms with van der Waals surface area (Å²) in [7, 11) is -2.62. The maximum atomic E-state index is 13.7. The van der Waals surface area contributed by atoms with Crippen LogP contribution < -0.4 is 9.04 Å². The largest absolute Gasteiger partial charge is 0.492 e. The first-order valence-electron chi connectivity index (χ1n) is 11.4. The van der Waals surface area contributed by atoms with Crippen LogP contribution in [0, 0.1) is 11.8 Å². The van der Waals surface area contributed by atoms with Gasteiger partial charge in [0.2, 0.25) is 0 Å². The number of benzene rings is 2. The first-order valence-corrected chi connectivity index (χ1v) is 12.8. The van der Waals surface area contributed by atoms with E-state index in [-0.39, 0.29) is 16.5 Å². The average molecular weight is 474 g/mol. The number of aryl methyl sites for hydroxylation is 1. The third kappa shape index (κ3) is 4.73. The van der Waals surface area contributed by atoms with Crippen molar-refractivity contribution in [3.63, 3.8) is 0 Å². The molecule has 2 heterocycles. The molecule has 8 heteroatoms. The van der Waals surface area contributed by atoms with Crippen LogP contribution in [0.1, 0.15) is 42.6 Å². The second-order valence-electron chi connectivity index (χ2n) is 8.88. The maximum absolute atomic E-state index is 13.7. The Morgan fingerprint density at radius 3 is 2.70 bits per heavy atom. The molecule has 178 valence electrons. The highest BCUT2D eigenvalue weighted by Gasteiger charge is 2.34. The second kappa shape index (κ2) is 9.73. The molecule has 2 aliphatic heterocycles. The molecule has 0 amide bonds. The van der Waals surface area contributed by atoms with Crippen molar-refractivity contribution in [2.45, 2.75) is 44.0 Å². The van der Waals surface area contributed by atoms with Crippen molar-refractivity contribution in [2.75, 3.05) is 31.2 Å². The molecule has 2 aliphatic rings. The fourth-order valence-corrected chi connectivity index (χ4v) is 6.32. The zero-order chi connectivity index (χ0) is 23.6. The molecule has 0 aliphatic carbocycles. The van der Waals surface area contributed by atoms with Crippen molar-refractivity contribution >= 4 is 21.7 Å². The molecule has 0 N–H and O–H groups in total. The molecule has 7 nitrogen and oxygen atoms in total. The van der Waals surface area contributed by atoms with Crippen LogP contribution in [0.2, 0.25) is 0 Å². The topological polar surface area (TPSA) is 82.1 Å². The van der Waals surface area contributed by atoms with Crippen LogP contribution in [0.25, 0.3) is 0 Å². The van der Waals surface area contributed by atoms with Crippen LogP contribution in [0.3, 0.4) is 0 Å². The SMILES string of the molecule is COC(=O)c1cc(S(=O)(=O)N2c3ccccc3CC[C@@H]2C)ccc1OCC1CCOCC1C. The third-order valence-electron chi connectivity index (χ3n) is 6.65. The molecule has 2 aromatic carbocycles. The molecule has 0 saturated carbocycles. The van der Waals surface area contributed by atoms with Gasteiger partial charge in [0, 0.05) is 19.3 Å². The van der Waals surface area contributed by atoms with E-state index in [2.05, 4.69) is 6.92 Å². The molecule has 1 fully saturated rings. The van der Waals surface area contributed by atoms with E-state index in [1.165, 1.54) is 23.5 Å². The Hall–Kier alpha value is -2.58. The number of rotatable bonds is 6. The summed E-state index contributed by atoms with van der Waals surface area (Å²) in [4.78, 5) is 12.6. The Bertz CT molecular complexity index is 1120. The van der Waals surface area contributed by atoms with E-state index in [4.69, 9.17) is 14.2 Å². The maximum Gasteiger partial charge on any atom is 0.341 e.